The molecule has 1 N–H and O–H groups in total. The summed E-state index contributed by atoms with van der Waals surface area (Å²) in [5, 5.41) is 3.02. The molecule has 0 radical (unpaired) electrons. The average molecular weight is 413 g/mol. The minimum Gasteiger partial charge on any atom is -0.367 e. The highest BCUT2D eigenvalue weighted by atomic mass is 19.1. The maximum absolute atomic E-state index is 14.0. The summed E-state index contributed by atoms with van der Waals surface area (Å²) in [5.74, 6) is -1.76. The van der Waals surface area contributed by atoms with Gasteiger partial charge in [-0.3, -0.25) is 9.59 Å². The monoisotopic (exact) mass is 413 g/mol. The summed E-state index contributed by atoms with van der Waals surface area (Å²) in [5.41, 5.74) is 1.38. The standard InChI is InChI=1S/C23H25F2N3O2/c1-15(16-5-3-2-4-6-16)28-13-17(11-22(28)29)23(30)26-19-9-10-27(14-19)21-8-7-18(24)12-20(21)25/h2-8,12,15,17,19H,9-11,13-14H2,1H3,(H,26,30). The molecule has 0 spiro atoms. The Morgan fingerprint density at radius 1 is 1.13 bits per heavy atom. The largest absolute Gasteiger partial charge is 0.367 e. The minimum absolute atomic E-state index is 0.0204. The van der Waals surface area contributed by atoms with Crippen LogP contribution in [0.3, 0.4) is 0 Å². The van der Waals surface area contributed by atoms with E-state index in [0.717, 1.165) is 11.6 Å². The number of anilines is 1. The first kappa shape index (κ1) is 20.3. The lowest BCUT2D eigenvalue weighted by Crippen LogP contribution is -2.41. The van der Waals surface area contributed by atoms with Crippen molar-refractivity contribution in [2.24, 2.45) is 5.92 Å². The minimum atomic E-state index is -0.611. The Hall–Kier alpha value is -2.96. The van der Waals surface area contributed by atoms with Crippen LogP contribution in [-0.2, 0) is 9.59 Å². The smallest absolute Gasteiger partial charge is 0.225 e. The topological polar surface area (TPSA) is 52.7 Å². The van der Waals surface area contributed by atoms with Crippen LogP contribution in [0.5, 0.6) is 0 Å². The Balaban J connectivity index is 1.34. The molecule has 2 aliphatic heterocycles. The van der Waals surface area contributed by atoms with Gasteiger partial charge in [0.15, 0.2) is 0 Å². The van der Waals surface area contributed by atoms with Crippen LogP contribution in [-0.4, -0.2) is 42.4 Å². The lowest BCUT2D eigenvalue weighted by atomic mass is 10.1. The third-order valence-electron chi connectivity index (χ3n) is 6.06. The molecule has 0 saturated carbocycles. The van der Waals surface area contributed by atoms with E-state index < -0.39 is 11.6 Å². The highest BCUT2D eigenvalue weighted by Crippen LogP contribution is 2.29. The zero-order chi connectivity index (χ0) is 21.3. The maximum atomic E-state index is 14.0. The van der Waals surface area contributed by atoms with Gasteiger partial charge in [0, 0.05) is 38.2 Å². The molecule has 7 heteroatoms. The first-order chi connectivity index (χ1) is 14.4. The van der Waals surface area contributed by atoms with Gasteiger partial charge in [0.25, 0.3) is 0 Å². The van der Waals surface area contributed by atoms with Gasteiger partial charge in [-0.2, -0.15) is 0 Å². The van der Waals surface area contributed by atoms with Crippen LogP contribution in [0.1, 0.15) is 31.4 Å². The Morgan fingerprint density at radius 3 is 2.63 bits per heavy atom. The summed E-state index contributed by atoms with van der Waals surface area (Å²) < 4.78 is 27.2. The first-order valence-corrected chi connectivity index (χ1v) is 10.3. The molecule has 3 unspecified atom stereocenters. The quantitative estimate of drug-likeness (QED) is 0.819. The zero-order valence-corrected chi connectivity index (χ0v) is 16.9. The van der Waals surface area contributed by atoms with Gasteiger partial charge in [-0.15, -0.1) is 0 Å². The second kappa shape index (κ2) is 8.42. The van der Waals surface area contributed by atoms with Crippen molar-refractivity contribution in [1.29, 1.82) is 0 Å². The summed E-state index contributed by atoms with van der Waals surface area (Å²) in [6.07, 6.45) is 0.874. The number of hydrogen-bond acceptors (Lipinski definition) is 3. The third kappa shape index (κ3) is 4.15. The number of nitrogens with zero attached hydrogens (tertiary/aromatic N) is 2. The summed E-state index contributed by atoms with van der Waals surface area (Å²) in [7, 11) is 0. The van der Waals surface area contributed by atoms with Crippen molar-refractivity contribution in [1.82, 2.24) is 10.2 Å². The Morgan fingerprint density at radius 2 is 1.90 bits per heavy atom. The van der Waals surface area contributed by atoms with Crippen LogP contribution in [0.4, 0.5) is 14.5 Å². The van der Waals surface area contributed by atoms with Crippen molar-refractivity contribution >= 4 is 17.5 Å². The molecular formula is C23H25F2N3O2. The molecule has 2 amide bonds. The number of likely N-dealkylation sites (tertiary alicyclic amines) is 1. The molecule has 0 bridgehead atoms. The van der Waals surface area contributed by atoms with Gasteiger partial charge < -0.3 is 15.1 Å². The molecule has 2 aromatic carbocycles. The predicted octanol–water partition coefficient (Wildman–Crippen LogP) is 3.27. The van der Waals surface area contributed by atoms with Gasteiger partial charge in [0.2, 0.25) is 11.8 Å². The van der Waals surface area contributed by atoms with Crippen molar-refractivity contribution < 1.29 is 18.4 Å². The molecule has 158 valence electrons. The molecule has 2 aromatic rings. The SMILES string of the molecule is CC(c1ccccc1)N1CC(C(=O)NC2CCN(c3ccc(F)cc3F)C2)CC1=O. The number of amides is 2. The van der Waals surface area contributed by atoms with Crippen molar-refractivity contribution in [3.8, 4) is 0 Å². The molecule has 2 aliphatic rings. The number of benzene rings is 2. The molecule has 4 rings (SSSR count). The second-order valence-corrected chi connectivity index (χ2v) is 8.07. The molecular weight excluding hydrogens is 388 g/mol. The predicted molar refractivity (Wildman–Crippen MR) is 110 cm³/mol. The van der Waals surface area contributed by atoms with E-state index in [2.05, 4.69) is 5.32 Å². The number of carbonyl (C=O) groups is 2. The number of rotatable bonds is 5. The van der Waals surface area contributed by atoms with Crippen molar-refractivity contribution in [2.45, 2.75) is 31.8 Å². The van der Waals surface area contributed by atoms with Crippen molar-refractivity contribution in [2.75, 3.05) is 24.5 Å². The highest BCUT2D eigenvalue weighted by Gasteiger charge is 2.38. The van der Waals surface area contributed by atoms with Gasteiger partial charge in [-0.1, -0.05) is 30.3 Å². The van der Waals surface area contributed by atoms with Crippen LogP contribution in [0.25, 0.3) is 0 Å². The lowest BCUT2D eigenvalue weighted by Gasteiger charge is -2.25. The number of nitrogens with one attached hydrogen (secondary N) is 1. The molecule has 3 atom stereocenters. The normalized spacial score (nSPS) is 22.4. The highest BCUT2D eigenvalue weighted by molar-refractivity contribution is 5.89. The van der Waals surface area contributed by atoms with Crippen LogP contribution in [0, 0.1) is 17.6 Å². The first-order valence-electron chi connectivity index (χ1n) is 10.3. The van der Waals surface area contributed by atoms with Crippen LogP contribution >= 0.6 is 0 Å². The van der Waals surface area contributed by atoms with Crippen molar-refractivity contribution in [3.05, 3.63) is 65.7 Å². The Bertz CT molecular complexity index is 937. The zero-order valence-electron chi connectivity index (χ0n) is 16.9. The molecule has 2 saturated heterocycles. The fourth-order valence-corrected chi connectivity index (χ4v) is 4.35. The summed E-state index contributed by atoms with van der Waals surface area (Å²) in [6.45, 7) is 3.40. The molecule has 30 heavy (non-hydrogen) atoms. The van der Waals surface area contributed by atoms with Crippen LogP contribution in [0.2, 0.25) is 0 Å². The third-order valence-corrected chi connectivity index (χ3v) is 6.06. The summed E-state index contributed by atoms with van der Waals surface area (Å²) in [6, 6.07) is 13.1. The number of carbonyl (C=O) groups excluding carboxylic acids is 2. The maximum Gasteiger partial charge on any atom is 0.225 e. The molecule has 0 aromatic heterocycles. The van der Waals surface area contributed by atoms with E-state index in [0.29, 0.717) is 31.7 Å². The van der Waals surface area contributed by atoms with Gasteiger partial charge in [-0.25, -0.2) is 8.78 Å². The van der Waals surface area contributed by atoms with Crippen LogP contribution in [0.15, 0.2) is 48.5 Å². The Kier molecular flexibility index (Phi) is 5.70. The van der Waals surface area contributed by atoms with E-state index in [1.54, 1.807) is 4.90 Å². The van der Waals surface area contributed by atoms with Gasteiger partial charge in [0.1, 0.15) is 11.6 Å². The van der Waals surface area contributed by atoms with Gasteiger partial charge in [-0.05, 0) is 31.0 Å². The second-order valence-electron chi connectivity index (χ2n) is 8.07. The average Bonchev–Trinajstić information content (AvgIpc) is 3.35. The number of hydrogen-bond donors (Lipinski definition) is 1. The molecule has 0 aliphatic carbocycles. The van der Waals surface area contributed by atoms with E-state index in [-0.39, 0.29) is 36.2 Å². The van der Waals surface area contributed by atoms with E-state index in [1.165, 1.54) is 12.1 Å². The summed E-state index contributed by atoms with van der Waals surface area (Å²) in [4.78, 5) is 28.8. The fraction of sp³-hybridized carbons (Fsp3) is 0.391. The van der Waals surface area contributed by atoms with Crippen LogP contribution < -0.4 is 10.2 Å². The van der Waals surface area contributed by atoms with E-state index in [1.807, 2.05) is 42.2 Å². The molecule has 5 nitrogen and oxygen atoms in total. The van der Waals surface area contributed by atoms with E-state index >= 15 is 0 Å². The molecule has 2 fully saturated rings. The Labute approximate surface area is 174 Å². The lowest BCUT2D eigenvalue weighted by molar-refractivity contribution is -0.130. The summed E-state index contributed by atoms with van der Waals surface area (Å²) >= 11 is 0. The van der Waals surface area contributed by atoms with E-state index in [4.69, 9.17) is 0 Å². The van der Waals surface area contributed by atoms with Crippen molar-refractivity contribution in [3.63, 3.8) is 0 Å². The van der Waals surface area contributed by atoms with Gasteiger partial charge >= 0.3 is 0 Å². The van der Waals surface area contributed by atoms with Gasteiger partial charge in [0.05, 0.1) is 17.6 Å². The fourth-order valence-electron chi connectivity index (χ4n) is 4.35. The van der Waals surface area contributed by atoms with E-state index in [9.17, 15) is 18.4 Å². The molecule has 2 heterocycles. The number of halogens is 2.